The third-order valence-corrected chi connectivity index (χ3v) is 3.31. The molecule has 0 amide bonds. The van der Waals surface area contributed by atoms with Gasteiger partial charge in [0.15, 0.2) is 0 Å². The molecule has 1 heterocycles. The van der Waals surface area contributed by atoms with Gasteiger partial charge in [-0.3, -0.25) is 0 Å². The fraction of sp³-hybridized carbons (Fsp3) is 0.375. The molecule has 2 aromatic rings. The molecule has 0 saturated carbocycles. The molecule has 1 aromatic heterocycles. The first-order valence-corrected chi connectivity index (χ1v) is 7.34. The molecule has 0 aliphatic rings. The van der Waals surface area contributed by atoms with Crippen LogP contribution in [-0.2, 0) is 6.18 Å². The highest BCUT2D eigenvalue weighted by Gasteiger charge is 2.30. The average molecular weight is 324 g/mol. The van der Waals surface area contributed by atoms with E-state index in [1.165, 1.54) is 6.07 Å². The number of aromatic nitrogens is 2. The Hall–Kier alpha value is -2.31. The zero-order valence-corrected chi connectivity index (χ0v) is 13.2. The lowest BCUT2D eigenvalue weighted by molar-refractivity contribution is -0.137. The summed E-state index contributed by atoms with van der Waals surface area (Å²) < 4.78 is 38.2. The van der Waals surface area contributed by atoms with Gasteiger partial charge in [0.2, 0.25) is 5.95 Å². The molecule has 0 radical (unpaired) electrons. The molecule has 4 nitrogen and oxygen atoms in total. The van der Waals surface area contributed by atoms with Crippen molar-refractivity contribution in [2.45, 2.75) is 39.4 Å². The third kappa shape index (κ3) is 4.84. The van der Waals surface area contributed by atoms with Crippen molar-refractivity contribution >= 4 is 17.5 Å². The maximum absolute atomic E-state index is 12.7. The summed E-state index contributed by atoms with van der Waals surface area (Å²) in [6.45, 7) is 5.88. The van der Waals surface area contributed by atoms with Gasteiger partial charge in [-0.15, -0.1) is 0 Å². The Morgan fingerprint density at radius 3 is 2.57 bits per heavy atom. The molecule has 7 heteroatoms. The van der Waals surface area contributed by atoms with E-state index in [1.807, 2.05) is 13.8 Å². The number of benzene rings is 1. The number of nitrogens with zero attached hydrogens (tertiary/aromatic N) is 2. The SMILES string of the molecule is CCC(C)Nc1cc(C)nc(Nc2cccc(C(F)(F)F)c2)n1. The Labute approximate surface area is 133 Å². The molecule has 1 atom stereocenters. The van der Waals surface area contributed by atoms with Crippen LogP contribution in [-0.4, -0.2) is 16.0 Å². The number of anilines is 3. The second kappa shape index (κ2) is 6.85. The van der Waals surface area contributed by atoms with E-state index in [0.29, 0.717) is 11.5 Å². The number of nitrogens with one attached hydrogen (secondary N) is 2. The first kappa shape index (κ1) is 17.1. The fourth-order valence-electron chi connectivity index (χ4n) is 1.96. The third-order valence-electron chi connectivity index (χ3n) is 3.31. The number of aryl methyl sites for hydroxylation is 1. The molecule has 0 aliphatic heterocycles. The van der Waals surface area contributed by atoms with Gasteiger partial charge < -0.3 is 10.6 Å². The Morgan fingerprint density at radius 1 is 1.17 bits per heavy atom. The molecule has 0 spiro atoms. The van der Waals surface area contributed by atoms with E-state index in [4.69, 9.17) is 0 Å². The Bertz CT molecular complexity index is 671. The highest BCUT2D eigenvalue weighted by atomic mass is 19.4. The smallest absolute Gasteiger partial charge is 0.367 e. The zero-order chi connectivity index (χ0) is 17.0. The van der Waals surface area contributed by atoms with Crippen LogP contribution >= 0.6 is 0 Å². The van der Waals surface area contributed by atoms with Gasteiger partial charge in [-0.1, -0.05) is 13.0 Å². The minimum atomic E-state index is -4.38. The number of alkyl halides is 3. The van der Waals surface area contributed by atoms with Crippen LogP contribution in [0.1, 0.15) is 31.5 Å². The lowest BCUT2D eigenvalue weighted by Gasteiger charge is -2.14. The monoisotopic (exact) mass is 324 g/mol. The molecule has 1 unspecified atom stereocenters. The molecule has 1 aromatic carbocycles. The van der Waals surface area contributed by atoms with Crippen molar-refractivity contribution < 1.29 is 13.2 Å². The molecule has 0 saturated heterocycles. The van der Waals surface area contributed by atoms with Crippen molar-refractivity contribution in [2.24, 2.45) is 0 Å². The van der Waals surface area contributed by atoms with Crippen LogP contribution in [0.25, 0.3) is 0 Å². The molecule has 124 valence electrons. The lowest BCUT2D eigenvalue weighted by Crippen LogP contribution is -2.15. The molecule has 0 bridgehead atoms. The largest absolute Gasteiger partial charge is 0.416 e. The van der Waals surface area contributed by atoms with Gasteiger partial charge in [-0.05, 0) is 38.5 Å². The zero-order valence-electron chi connectivity index (χ0n) is 13.2. The van der Waals surface area contributed by atoms with E-state index in [1.54, 1.807) is 19.1 Å². The van der Waals surface area contributed by atoms with E-state index in [0.717, 1.165) is 24.2 Å². The molecule has 2 N–H and O–H groups in total. The van der Waals surface area contributed by atoms with Crippen LogP contribution < -0.4 is 10.6 Å². The quantitative estimate of drug-likeness (QED) is 0.833. The van der Waals surface area contributed by atoms with Crippen molar-refractivity contribution in [2.75, 3.05) is 10.6 Å². The summed E-state index contributed by atoms with van der Waals surface area (Å²) in [7, 11) is 0. The highest BCUT2D eigenvalue weighted by Crippen LogP contribution is 2.31. The number of hydrogen-bond donors (Lipinski definition) is 2. The topological polar surface area (TPSA) is 49.8 Å². The Kier molecular flexibility index (Phi) is 5.08. The molecule has 23 heavy (non-hydrogen) atoms. The molecule has 0 aliphatic carbocycles. The molecule has 2 rings (SSSR count). The minimum absolute atomic E-state index is 0.241. The van der Waals surface area contributed by atoms with Gasteiger partial charge in [0.05, 0.1) is 5.56 Å². The number of halogens is 3. The van der Waals surface area contributed by atoms with Crippen molar-refractivity contribution in [1.29, 1.82) is 0 Å². The predicted molar refractivity (Wildman–Crippen MR) is 84.9 cm³/mol. The average Bonchev–Trinajstić information content (AvgIpc) is 2.45. The number of hydrogen-bond acceptors (Lipinski definition) is 4. The van der Waals surface area contributed by atoms with Crippen molar-refractivity contribution in [3.05, 3.63) is 41.6 Å². The van der Waals surface area contributed by atoms with E-state index in [9.17, 15) is 13.2 Å². The summed E-state index contributed by atoms with van der Waals surface area (Å²) in [5, 5.41) is 6.05. The Balaban J connectivity index is 2.23. The maximum Gasteiger partial charge on any atom is 0.416 e. The standard InChI is InChI=1S/C16H19F3N4/c1-4-10(2)20-14-8-11(3)21-15(23-14)22-13-7-5-6-12(9-13)16(17,18)19/h5-10H,4H2,1-3H3,(H2,20,21,22,23). The van der Waals surface area contributed by atoms with Gasteiger partial charge in [0.25, 0.3) is 0 Å². The van der Waals surface area contributed by atoms with E-state index in [-0.39, 0.29) is 12.0 Å². The molecule has 0 fully saturated rings. The van der Waals surface area contributed by atoms with E-state index < -0.39 is 11.7 Å². The maximum atomic E-state index is 12.7. The second-order valence-corrected chi connectivity index (χ2v) is 5.38. The van der Waals surface area contributed by atoms with Crippen LogP contribution in [0.3, 0.4) is 0 Å². The van der Waals surface area contributed by atoms with Crippen LogP contribution in [0, 0.1) is 6.92 Å². The summed E-state index contributed by atoms with van der Waals surface area (Å²) >= 11 is 0. The van der Waals surface area contributed by atoms with Crippen LogP contribution in [0.4, 0.5) is 30.6 Å². The first-order chi connectivity index (χ1) is 10.8. The van der Waals surface area contributed by atoms with E-state index in [2.05, 4.69) is 20.6 Å². The van der Waals surface area contributed by atoms with Gasteiger partial charge in [-0.25, -0.2) is 4.98 Å². The lowest BCUT2D eigenvalue weighted by atomic mass is 10.2. The highest BCUT2D eigenvalue weighted by molar-refractivity contribution is 5.56. The van der Waals surface area contributed by atoms with Crippen LogP contribution in [0.2, 0.25) is 0 Å². The van der Waals surface area contributed by atoms with Crippen molar-refractivity contribution in [3.63, 3.8) is 0 Å². The van der Waals surface area contributed by atoms with Crippen LogP contribution in [0.15, 0.2) is 30.3 Å². The minimum Gasteiger partial charge on any atom is -0.367 e. The van der Waals surface area contributed by atoms with E-state index >= 15 is 0 Å². The fourth-order valence-corrected chi connectivity index (χ4v) is 1.96. The first-order valence-electron chi connectivity index (χ1n) is 7.34. The van der Waals surface area contributed by atoms with Crippen molar-refractivity contribution in [1.82, 2.24) is 9.97 Å². The Morgan fingerprint density at radius 2 is 1.91 bits per heavy atom. The predicted octanol–water partition coefficient (Wildman–Crippen LogP) is 4.76. The molecular formula is C16H19F3N4. The normalized spacial score (nSPS) is 12.8. The summed E-state index contributed by atoms with van der Waals surface area (Å²) in [5.41, 5.74) is 0.299. The summed E-state index contributed by atoms with van der Waals surface area (Å²) in [6.07, 6.45) is -3.45. The molecular weight excluding hydrogens is 305 g/mol. The van der Waals surface area contributed by atoms with Gasteiger partial charge in [-0.2, -0.15) is 18.2 Å². The summed E-state index contributed by atoms with van der Waals surface area (Å²) in [4.78, 5) is 8.50. The summed E-state index contributed by atoms with van der Waals surface area (Å²) in [5.74, 6) is 0.899. The van der Waals surface area contributed by atoms with Gasteiger partial charge in [0, 0.05) is 23.5 Å². The van der Waals surface area contributed by atoms with Crippen molar-refractivity contribution in [3.8, 4) is 0 Å². The number of rotatable bonds is 5. The van der Waals surface area contributed by atoms with Gasteiger partial charge in [0.1, 0.15) is 5.82 Å². The second-order valence-electron chi connectivity index (χ2n) is 5.38. The van der Waals surface area contributed by atoms with Crippen LogP contribution in [0.5, 0.6) is 0 Å². The van der Waals surface area contributed by atoms with Gasteiger partial charge >= 0.3 is 6.18 Å². The summed E-state index contributed by atoms with van der Waals surface area (Å²) in [6, 6.07) is 6.99.